The summed E-state index contributed by atoms with van der Waals surface area (Å²) in [5, 5.41) is 9.81. The number of benzene rings is 3. The van der Waals surface area contributed by atoms with Crippen molar-refractivity contribution in [3.63, 3.8) is 0 Å². The fourth-order valence-corrected chi connectivity index (χ4v) is 6.90. The lowest BCUT2D eigenvalue weighted by Crippen LogP contribution is -2.40. The predicted octanol–water partition coefficient (Wildman–Crippen LogP) is 5.51. The molecule has 1 aliphatic heterocycles. The number of allylic oxidation sites excluding steroid dienone is 1. The summed E-state index contributed by atoms with van der Waals surface area (Å²) in [6, 6.07) is 16.4. The molecule has 14 heteroatoms. The number of carbonyl (C=O) groups excluding carboxylic acids is 2. The maximum Gasteiger partial charge on any atom is 0.343 e. The van der Waals surface area contributed by atoms with Crippen molar-refractivity contribution < 1.29 is 33.3 Å². The van der Waals surface area contributed by atoms with Gasteiger partial charge in [-0.3, -0.25) is 9.36 Å². The van der Waals surface area contributed by atoms with Crippen molar-refractivity contribution in [3.8, 4) is 23.3 Å². The van der Waals surface area contributed by atoms with Crippen LogP contribution in [0, 0.1) is 11.3 Å². The number of thiazole rings is 1. The monoisotopic (exact) mass is 735 g/mol. The highest BCUT2D eigenvalue weighted by Gasteiger charge is 2.34. The summed E-state index contributed by atoms with van der Waals surface area (Å²) in [6.07, 6.45) is 1.63. The van der Waals surface area contributed by atoms with Crippen molar-refractivity contribution in [2.24, 2.45) is 4.99 Å². The zero-order chi connectivity index (χ0) is 35.9. The van der Waals surface area contributed by atoms with Gasteiger partial charge in [-0.2, -0.15) is 5.26 Å². The van der Waals surface area contributed by atoms with Gasteiger partial charge in [0.2, 0.25) is 0 Å². The molecular weight excluding hydrogens is 705 g/mol. The number of nitriles is 1. The smallest absolute Gasteiger partial charge is 0.343 e. The minimum absolute atomic E-state index is 0.0761. The fourth-order valence-electron chi connectivity index (χ4n) is 5.24. The van der Waals surface area contributed by atoms with Gasteiger partial charge in [0.1, 0.15) is 6.61 Å². The SMILES string of the molecule is CCOC(=O)C1=C(C)N=c2s/c(=C\c3cc(Cl)c(OCc4ccccc4C#N)c(Cl)c3)c(=O)n2[C@@H]1c1ccc(OCC(=O)OC)c(OCC)c1. The standard InChI is InChI=1S/C36H31Cl2N3O8S/c1-5-46-28-16-22(11-12-27(28)48-19-30(42)45-4)32-31(35(44)47-6-2)20(3)40-36-41(32)34(43)29(50-36)15-21-13-25(37)33(26(38)14-21)49-18-24-10-8-7-9-23(24)17-39/h7-16,32H,5-6,18-19H2,1-4H3/b29-15-/t32-/m1/s1. The molecule has 11 nitrogen and oxygen atoms in total. The van der Waals surface area contributed by atoms with Crippen LogP contribution in [0.15, 0.2) is 75.7 Å². The second kappa shape index (κ2) is 16.1. The fraction of sp³-hybridized carbons (Fsp3) is 0.250. The van der Waals surface area contributed by atoms with Crippen LogP contribution in [0.2, 0.25) is 10.0 Å². The molecule has 0 fully saturated rings. The molecule has 1 atom stereocenters. The average Bonchev–Trinajstić information content (AvgIpc) is 3.40. The van der Waals surface area contributed by atoms with Crippen LogP contribution >= 0.6 is 34.5 Å². The van der Waals surface area contributed by atoms with Crippen molar-refractivity contribution in [3.05, 3.63) is 118 Å². The number of methoxy groups -OCH3 is 1. The molecule has 0 saturated carbocycles. The number of aromatic nitrogens is 1. The van der Waals surface area contributed by atoms with Crippen molar-refractivity contribution in [1.29, 1.82) is 5.26 Å². The van der Waals surface area contributed by atoms with Gasteiger partial charge in [0.25, 0.3) is 5.56 Å². The lowest BCUT2D eigenvalue weighted by atomic mass is 9.95. The molecule has 1 aromatic heterocycles. The van der Waals surface area contributed by atoms with Gasteiger partial charge in [0, 0.05) is 5.56 Å². The van der Waals surface area contributed by atoms with Gasteiger partial charge < -0.3 is 23.7 Å². The van der Waals surface area contributed by atoms with Gasteiger partial charge >= 0.3 is 11.9 Å². The van der Waals surface area contributed by atoms with E-state index in [1.54, 1.807) is 81.4 Å². The van der Waals surface area contributed by atoms with E-state index < -0.39 is 23.5 Å². The summed E-state index contributed by atoms with van der Waals surface area (Å²) in [4.78, 5) is 44.2. The molecule has 0 unspecified atom stereocenters. The van der Waals surface area contributed by atoms with Gasteiger partial charge in [-0.05, 0) is 68.3 Å². The maximum atomic E-state index is 14.2. The van der Waals surface area contributed by atoms with Crippen LogP contribution in [0.5, 0.6) is 17.2 Å². The molecule has 0 aliphatic carbocycles. The first-order valence-corrected chi connectivity index (χ1v) is 16.9. The second-order valence-corrected chi connectivity index (χ2v) is 12.5. The Morgan fingerprint density at radius 3 is 2.44 bits per heavy atom. The number of hydrogen-bond donors (Lipinski definition) is 0. The summed E-state index contributed by atoms with van der Waals surface area (Å²) in [6.45, 7) is 5.30. The zero-order valence-electron chi connectivity index (χ0n) is 27.5. The van der Waals surface area contributed by atoms with E-state index in [9.17, 15) is 19.6 Å². The molecule has 0 spiro atoms. The van der Waals surface area contributed by atoms with E-state index in [-0.39, 0.29) is 53.5 Å². The third-order valence-corrected chi connectivity index (χ3v) is 9.05. The Morgan fingerprint density at radius 2 is 1.76 bits per heavy atom. The second-order valence-electron chi connectivity index (χ2n) is 10.7. The first-order chi connectivity index (χ1) is 24.1. The van der Waals surface area contributed by atoms with Crippen molar-refractivity contribution >= 4 is 52.6 Å². The molecule has 4 aromatic rings. The normalized spacial score (nSPS) is 13.9. The molecular formula is C36H31Cl2N3O8S. The van der Waals surface area contributed by atoms with E-state index >= 15 is 0 Å². The van der Waals surface area contributed by atoms with Crippen LogP contribution in [-0.4, -0.2) is 43.4 Å². The van der Waals surface area contributed by atoms with E-state index in [0.717, 1.165) is 11.3 Å². The molecule has 258 valence electrons. The van der Waals surface area contributed by atoms with E-state index in [1.807, 2.05) is 0 Å². The van der Waals surface area contributed by atoms with E-state index in [0.29, 0.717) is 43.0 Å². The summed E-state index contributed by atoms with van der Waals surface area (Å²) < 4.78 is 29.1. The Bertz CT molecular complexity index is 2200. The third-order valence-electron chi connectivity index (χ3n) is 7.50. The Kier molecular flexibility index (Phi) is 11.6. The van der Waals surface area contributed by atoms with Crippen LogP contribution in [0.4, 0.5) is 0 Å². The lowest BCUT2D eigenvalue weighted by Gasteiger charge is -2.25. The summed E-state index contributed by atoms with van der Waals surface area (Å²) in [5.41, 5.74) is 2.35. The zero-order valence-corrected chi connectivity index (χ0v) is 29.8. The van der Waals surface area contributed by atoms with E-state index in [1.165, 1.54) is 11.7 Å². The van der Waals surface area contributed by atoms with Crippen molar-refractivity contribution in [2.45, 2.75) is 33.4 Å². The molecule has 0 radical (unpaired) electrons. The molecule has 0 N–H and O–H groups in total. The van der Waals surface area contributed by atoms with E-state index in [2.05, 4.69) is 15.8 Å². The van der Waals surface area contributed by atoms with Crippen LogP contribution in [0.3, 0.4) is 0 Å². The number of nitrogens with zero attached hydrogens (tertiary/aromatic N) is 3. The molecule has 50 heavy (non-hydrogen) atoms. The first kappa shape index (κ1) is 36.2. The highest BCUT2D eigenvalue weighted by atomic mass is 35.5. The number of fused-ring (bicyclic) bond motifs is 1. The van der Waals surface area contributed by atoms with Crippen LogP contribution in [0.1, 0.15) is 49.1 Å². The van der Waals surface area contributed by atoms with Gasteiger partial charge in [-0.15, -0.1) is 0 Å². The third kappa shape index (κ3) is 7.70. The number of esters is 2. The van der Waals surface area contributed by atoms with Crippen molar-refractivity contribution in [2.75, 3.05) is 26.9 Å². The van der Waals surface area contributed by atoms with Gasteiger partial charge in [0.15, 0.2) is 28.7 Å². The molecule has 0 amide bonds. The number of halogens is 2. The number of rotatable bonds is 12. The molecule has 0 saturated heterocycles. The molecule has 1 aliphatic rings. The maximum absolute atomic E-state index is 14.2. The Morgan fingerprint density at radius 1 is 1.02 bits per heavy atom. The quantitative estimate of drug-likeness (QED) is 0.173. The summed E-state index contributed by atoms with van der Waals surface area (Å²) >= 11 is 14.3. The topological polar surface area (TPSA) is 138 Å². The van der Waals surface area contributed by atoms with Gasteiger partial charge in [-0.1, -0.05) is 58.8 Å². The predicted molar refractivity (Wildman–Crippen MR) is 187 cm³/mol. The van der Waals surface area contributed by atoms with Crippen LogP contribution in [0.25, 0.3) is 6.08 Å². The number of carbonyl (C=O) groups is 2. The largest absolute Gasteiger partial charge is 0.490 e. The summed E-state index contributed by atoms with van der Waals surface area (Å²) in [5.74, 6) is -0.376. The Labute approximate surface area is 301 Å². The highest BCUT2D eigenvalue weighted by Crippen LogP contribution is 2.37. The summed E-state index contributed by atoms with van der Waals surface area (Å²) in [7, 11) is 1.26. The molecule has 5 rings (SSSR count). The number of ether oxygens (including phenoxy) is 5. The van der Waals surface area contributed by atoms with Gasteiger partial charge in [-0.25, -0.2) is 14.6 Å². The average molecular weight is 737 g/mol. The Balaban J connectivity index is 1.57. The van der Waals surface area contributed by atoms with Crippen LogP contribution < -0.4 is 29.1 Å². The van der Waals surface area contributed by atoms with Crippen LogP contribution in [-0.2, 0) is 25.7 Å². The van der Waals surface area contributed by atoms with E-state index in [4.69, 9.17) is 42.1 Å². The van der Waals surface area contributed by atoms with Crippen molar-refractivity contribution in [1.82, 2.24) is 4.57 Å². The molecule has 3 aromatic carbocycles. The molecule has 2 heterocycles. The number of hydrogen-bond acceptors (Lipinski definition) is 11. The Hall–Kier alpha value is -5.09. The minimum Gasteiger partial charge on any atom is -0.490 e. The minimum atomic E-state index is -0.930. The first-order valence-electron chi connectivity index (χ1n) is 15.4. The molecule has 0 bridgehead atoms. The van der Waals surface area contributed by atoms with Gasteiger partial charge in [0.05, 0.1) is 63.8 Å². The highest BCUT2D eigenvalue weighted by molar-refractivity contribution is 7.07. The lowest BCUT2D eigenvalue weighted by molar-refractivity contribution is -0.143.